The topological polar surface area (TPSA) is 29.5 Å². The first-order valence-corrected chi connectivity index (χ1v) is 6.02. The first-order chi connectivity index (χ1) is 7.79. The van der Waals surface area contributed by atoms with Crippen molar-refractivity contribution in [1.29, 1.82) is 0 Å². The lowest BCUT2D eigenvalue weighted by molar-refractivity contribution is 0.182. The third-order valence-corrected chi connectivity index (χ3v) is 3.43. The molecule has 1 aromatic heterocycles. The lowest BCUT2D eigenvalue weighted by Gasteiger charge is -2.08. The predicted octanol–water partition coefficient (Wildman–Crippen LogP) is 3.03. The van der Waals surface area contributed by atoms with Crippen molar-refractivity contribution < 1.29 is 9.84 Å². The van der Waals surface area contributed by atoms with Crippen molar-refractivity contribution in [3.8, 4) is 5.75 Å². The van der Waals surface area contributed by atoms with Crippen LogP contribution < -0.4 is 4.74 Å². The number of aliphatic hydroxyl groups is 1. The molecule has 1 unspecified atom stereocenters. The Hall–Kier alpha value is -1.32. The van der Waals surface area contributed by atoms with Gasteiger partial charge < -0.3 is 9.84 Å². The third kappa shape index (κ3) is 2.62. The van der Waals surface area contributed by atoms with Gasteiger partial charge >= 0.3 is 0 Å². The molecule has 0 aliphatic rings. The fourth-order valence-electron chi connectivity index (χ4n) is 1.57. The maximum Gasteiger partial charge on any atom is 0.118 e. The number of methoxy groups -OCH3 is 1. The minimum absolute atomic E-state index is 0.409. The summed E-state index contributed by atoms with van der Waals surface area (Å²) in [5.41, 5.74) is 1.11. The summed E-state index contributed by atoms with van der Waals surface area (Å²) in [4.78, 5) is 1.01. The van der Waals surface area contributed by atoms with Gasteiger partial charge in [0.1, 0.15) is 5.75 Å². The Morgan fingerprint density at radius 3 is 2.56 bits per heavy atom. The molecule has 0 aliphatic carbocycles. The lowest BCUT2D eigenvalue weighted by Crippen LogP contribution is -1.99. The minimum atomic E-state index is -0.409. The molecule has 3 heteroatoms. The molecule has 0 bridgehead atoms. The number of rotatable bonds is 4. The Kier molecular flexibility index (Phi) is 3.59. The van der Waals surface area contributed by atoms with Crippen LogP contribution in [0.25, 0.3) is 0 Å². The Bertz CT molecular complexity index is 420. The van der Waals surface area contributed by atoms with Crippen molar-refractivity contribution in [2.24, 2.45) is 0 Å². The number of hydrogen-bond donors (Lipinski definition) is 1. The van der Waals surface area contributed by atoms with E-state index in [4.69, 9.17) is 4.74 Å². The van der Waals surface area contributed by atoms with Crippen molar-refractivity contribution in [3.05, 3.63) is 52.2 Å². The average molecular weight is 234 g/mol. The van der Waals surface area contributed by atoms with Crippen LogP contribution in [-0.2, 0) is 6.42 Å². The van der Waals surface area contributed by atoms with Crippen LogP contribution in [0.2, 0.25) is 0 Å². The van der Waals surface area contributed by atoms with Crippen LogP contribution >= 0.6 is 11.3 Å². The molecule has 0 fully saturated rings. The Morgan fingerprint density at radius 2 is 2.00 bits per heavy atom. The highest BCUT2D eigenvalue weighted by atomic mass is 32.1. The highest BCUT2D eigenvalue weighted by Crippen LogP contribution is 2.23. The first kappa shape index (κ1) is 11.2. The molecule has 16 heavy (non-hydrogen) atoms. The molecule has 0 radical (unpaired) electrons. The predicted molar refractivity (Wildman–Crippen MR) is 66.0 cm³/mol. The van der Waals surface area contributed by atoms with Gasteiger partial charge in [0.05, 0.1) is 13.2 Å². The van der Waals surface area contributed by atoms with E-state index in [2.05, 4.69) is 0 Å². The van der Waals surface area contributed by atoms with E-state index in [-0.39, 0.29) is 0 Å². The largest absolute Gasteiger partial charge is 0.497 e. The minimum Gasteiger partial charge on any atom is -0.497 e. The molecular weight excluding hydrogens is 220 g/mol. The molecular formula is C13H14O2S. The van der Waals surface area contributed by atoms with Crippen molar-refractivity contribution in [1.82, 2.24) is 0 Å². The normalized spacial score (nSPS) is 12.4. The van der Waals surface area contributed by atoms with Gasteiger partial charge in [0.25, 0.3) is 0 Å². The zero-order valence-electron chi connectivity index (χ0n) is 9.09. The zero-order valence-corrected chi connectivity index (χ0v) is 9.91. The highest BCUT2D eigenvalue weighted by Gasteiger charge is 2.09. The molecule has 0 saturated carbocycles. The maximum atomic E-state index is 9.97. The van der Waals surface area contributed by atoms with Gasteiger partial charge in [-0.05, 0) is 29.1 Å². The molecule has 2 aromatic rings. The van der Waals surface area contributed by atoms with E-state index in [0.717, 1.165) is 16.2 Å². The molecule has 1 atom stereocenters. The summed E-state index contributed by atoms with van der Waals surface area (Å²) in [5.74, 6) is 0.842. The Balaban J connectivity index is 2.03. The zero-order chi connectivity index (χ0) is 11.4. The SMILES string of the molecule is COc1ccc(CC(O)c2cccs2)cc1. The van der Waals surface area contributed by atoms with Crippen LogP contribution in [0.3, 0.4) is 0 Å². The van der Waals surface area contributed by atoms with E-state index in [1.807, 2.05) is 41.8 Å². The van der Waals surface area contributed by atoms with Crippen molar-refractivity contribution in [3.63, 3.8) is 0 Å². The molecule has 1 N–H and O–H groups in total. The van der Waals surface area contributed by atoms with E-state index in [1.54, 1.807) is 18.4 Å². The van der Waals surface area contributed by atoms with Crippen LogP contribution in [0.5, 0.6) is 5.75 Å². The van der Waals surface area contributed by atoms with Gasteiger partial charge in [-0.15, -0.1) is 11.3 Å². The molecule has 1 aromatic carbocycles. The Labute approximate surface area is 99.1 Å². The Morgan fingerprint density at radius 1 is 1.25 bits per heavy atom. The quantitative estimate of drug-likeness (QED) is 0.881. The van der Waals surface area contributed by atoms with E-state index in [9.17, 15) is 5.11 Å². The number of aliphatic hydroxyl groups excluding tert-OH is 1. The van der Waals surface area contributed by atoms with E-state index in [0.29, 0.717) is 6.42 Å². The van der Waals surface area contributed by atoms with Crippen LogP contribution in [0.1, 0.15) is 16.5 Å². The number of hydrogen-bond acceptors (Lipinski definition) is 3. The lowest BCUT2D eigenvalue weighted by atomic mass is 10.1. The van der Waals surface area contributed by atoms with Crippen molar-refractivity contribution in [2.75, 3.05) is 7.11 Å². The summed E-state index contributed by atoms with van der Waals surface area (Å²) in [5, 5.41) is 11.9. The van der Waals surface area contributed by atoms with Gasteiger partial charge in [-0.3, -0.25) is 0 Å². The number of benzene rings is 1. The van der Waals surface area contributed by atoms with E-state index < -0.39 is 6.10 Å². The first-order valence-electron chi connectivity index (χ1n) is 5.14. The second-order valence-electron chi connectivity index (χ2n) is 3.58. The van der Waals surface area contributed by atoms with Gasteiger partial charge in [-0.25, -0.2) is 0 Å². The van der Waals surface area contributed by atoms with Gasteiger partial charge in [-0.1, -0.05) is 18.2 Å². The van der Waals surface area contributed by atoms with E-state index in [1.165, 1.54) is 0 Å². The molecule has 0 saturated heterocycles. The van der Waals surface area contributed by atoms with Crippen LogP contribution in [0, 0.1) is 0 Å². The molecule has 0 aliphatic heterocycles. The number of thiophene rings is 1. The van der Waals surface area contributed by atoms with E-state index >= 15 is 0 Å². The summed E-state index contributed by atoms with van der Waals surface area (Å²) in [6.07, 6.45) is 0.234. The van der Waals surface area contributed by atoms with Crippen molar-refractivity contribution in [2.45, 2.75) is 12.5 Å². The molecule has 0 amide bonds. The summed E-state index contributed by atoms with van der Waals surface area (Å²) in [7, 11) is 1.65. The summed E-state index contributed by atoms with van der Waals surface area (Å²) in [6, 6.07) is 11.7. The van der Waals surface area contributed by atoms with Gasteiger partial charge in [0.2, 0.25) is 0 Å². The van der Waals surface area contributed by atoms with Gasteiger partial charge in [-0.2, -0.15) is 0 Å². The van der Waals surface area contributed by atoms with Gasteiger partial charge in [0, 0.05) is 11.3 Å². The summed E-state index contributed by atoms with van der Waals surface area (Å²) < 4.78 is 5.09. The van der Waals surface area contributed by atoms with Crippen LogP contribution in [-0.4, -0.2) is 12.2 Å². The average Bonchev–Trinajstić information content (AvgIpc) is 2.83. The van der Waals surface area contributed by atoms with Gasteiger partial charge in [0.15, 0.2) is 0 Å². The fraction of sp³-hybridized carbons (Fsp3) is 0.231. The molecule has 0 spiro atoms. The summed E-state index contributed by atoms with van der Waals surface area (Å²) >= 11 is 1.58. The van der Waals surface area contributed by atoms with Crippen LogP contribution in [0.4, 0.5) is 0 Å². The van der Waals surface area contributed by atoms with Crippen LogP contribution in [0.15, 0.2) is 41.8 Å². The molecule has 84 valence electrons. The molecule has 2 rings (SSSR count). The molecule has 1 heterocycles. The second kappa shape index (κ2) is 5.14. The molecule has 2 nitrogen and oxygen atoms in total. The fourth-order valence-corrected chi connectivity index (χ4v) is 2.28. The smallest absolute Gasteiger partial charge is 0.118 e. The standard InChI is InChI=1S/C13H14O2S/c1-15-11-6-4-10(5-7-11)9-12(14)13-3-2-8-16-13/h2-8,12,14H,9H2,1H3. The number of ether oxygens (including phenoxy) is 1. The third-order valence-electron chi connectivity index (χ3n) is 2.46. The van der Waals surface area contributed by atoms with Crippen molar-refractivity contribution >= 4 is 11.3 Å². The highest BCUT2D eigenvalue weighted by molar-refractivity contribution is 7.10. The summed E-state index contributed by atoms with van der Waals surface area (Å²) in [6.45, 7) is 0. The second-order valence-corrected chi connectivity index (χ2v) is 4.56. The maximum absolute atomic E-state index is 9.97. The monoisotopic (exact) mass is 234 g/mol.